The molecule has 37 heavy (non-hydrogen) atoms. The Morgan fingerprint density at radius 2 is 1.92 bits per heavy atom. The number of likely N-dealkylation sites (tertiary alicyclic amines) is 1. The average Bonchev–Trinajstić information content (AvgIpc) is 3.30. The first kappa shape index (κ1) is 26.7. The van der Waals surface area contributed by atoms with Crippen molar-refractivity contribution in [2.24, 2.45) is 5.92 Å². The van der Waals surface area contributed by atoms with Crippen molar-refractivity contribution >= 4 is 40.0 Å². The number of carbonyl (C=O) groups is 1. The number of ether oxygens (including phenoxy) is 2. The van der Waals surface area contributed by atoms with E-state index >= 15 is 0 Å². The van der Waals surface area contributed by atoms with Crippen LogP contribution >= 0.6 is 23.2 Å². The van der Waals surface area contributed by atoms with Crippen LogP contribution < -0.4 is 14.8 Å². The van der Waals surface area contributed by atoms with Gasteiger partial charge in [-0.3, -0.25) is 4.79 Å². The lowest BCUT2D eigenvalue weighted by atomic mass is 9.99. The minimum atomic E-state index is -0.245. The number of amides is 1. The van der Waals surface area contributed by atoms with Crippen LogP contribution in [0.1, 0.15) is 5.82 Å². The molecule has 1 aliphatic rings. The molecule has 1 aliphatic heterocycles. The second kappa shape index (κ2) is 11.4. The van der Waals surface area contributed by atoms with Gasteiger partial charge < -0.3 is 24.8 Å². The predicted molar refractivity (Wildman–Crippen MR) is 145 cm³/mol. The Kier molecular flexibility index (Phi) is 8.22. The molecule has 2 aromatic carbocycles. The zero-order valence-corrected chi connectivity index (χ0v) is 22.1. The largest absolute Gasteiger partial charge is 0.495 e. The number of benzene rings is 2. The number of rotatable bonds is 9. The number of nitrogens with one attached hydrogen (secondary N) is 1. The van der Waals surface area contributed by atoms with E-state index in [1.54, 1.807) is 12.3 Å². The number of fused-ring (bicyclic) bond motifs is 1. The molecule has 1 fully saturated rings. The van der Waals surface area contributed by atoms with Crippen LogP contribution in [0.2, 0.25) is 10.0 Å². The molecule has 0 aliphatic carbocycles. The molecule has 0 bridgehead atoms. The van der Waals surface area contributed by atoms with Crippen LogP contribution in [0.3, 0.4) is 0 Å². The maximum absolute atomic E-state index is 12.0. The van der Waals surface area contributed by atoms with E-state index in [4.69, 9.17) is 37.7 Å². The Balaban J connectivity index is 1.63. The minimum absolute atomic E-state index is 0.0331. The molecule has 2 atom stereocenters. The number of methoxy groups -OCH3 is 2. The third-order valence-electron chi connectivity index (χ3n) is 6.52. The van der Waals surface area contributed by atoms with Crippen molar-refractivity contribution in [3.63, 3.8) is 0 Å². The molecule has 1 unspecified atom stereocenters. The molecule has 0 radical (unpaired) electrons. The van der Waals surface area contributed by atoms with Gasteiger partial charge in [0.15, 0.2) is 0 Å². The van der Waals surface area contributed by atoms with Crippen molar-refractivity contribution < 1.29 is 19.4 Å². The number of nitrogens with zero attached hydrogens (tertiary/aromatic N) is 3. The van der Waals surface area contributed by atoms with Crippen LogP contribution in [-0.2, 0) is 11.2 Å². The number of halogens is 2. The van der Waals surface area contributed by atoms with Gasteiger partial charge in [-0.2, -0.15) is 0 Å². The molecule has 8 nitrogen and oxygen atoms in total. The molecule has 3 aromatic rings. The Morgan fingerprint density at radius 3 is 2.54 bits per heavy atom. The molecule has 0 spiro atoms. The van der Waals surface area contributed by atoms with Crippen molar-refractivity contribution in [3.05, 3.63) is 71.3 Å². The van der Waals surface area contributed by atoms with Crippen LogP contribution in [-0.4, -0.2) is 65.8 Å². The van der Waals surface area contributed by atoms with Crippen LogP contribution in [0.5, 0.6) is 11.5 Å². The highest BCUT2D eigenvalue weighted by atomic mass is 35.5. The summed E-state index contributed by atoms with van der Waals surface area (Å²) < 4.78 is 10.8. The number of aliphatic hydroxyl groups excluding tert-OH is 1. The number of aromatic nitrogens is 2. The number of hydrogen-bond acceptors (Lipinski definition) is 7. The number of aliphatic hydroxyl groups is 1. The summed E-state index contributed by atoms with van der Waals surface area (Å²) in [5.74, 6) is 1.35. The molecule has 1 saturated heterocycles. The Hall–Kier alpha value is -3.33. The summed E-state index contributed by atoms with van der Waals surface area (Å²) in [6.45, 7) is 8.48. The molecular formula is C27H28Cl2N4O4. The van der Waals surface area contributed by atoms with Crippen molar-refractivity contribution in [1.82, 2.24) is 20.2 Å². The van der Waals surface area contributed by atoms with Crippen LogP contribution in [0.4, 0.5) is 0 Å². The van der Waals surface area contributed by atoms with E-state index in [2.05, 4.69) is 23.5 Å². The van der Waals surface area contributed by atoms with Gasteiger partial charge in [-0.25, -0.2) is 9.97 Å². The van der Waals surface area contributed by atoms with E-state index < -0.39 is 0 Å². The van der Waals surface area contributed by atoms with Crippen molar-refractivity contribution in [1.29, 1.82) is 0 Å². The Morgan fingerprint density at radius 1 is 1.22 bits per heavy atom. The van der Waals surface area contributed by atoms with Gasteiger partial charge >= 0.3 is 0 Å². The summed E-state index contributed by atoms with van der Waals surface area (Å²) in [6, 6.07) is 7.19. The van der Waals surface area contributed by atoms with Gasteiger partial charge in [-0.05, 0) is 23.8 Å². The summed E-state index contributed by atoms with van der Waals surface area (Å²) in [5, 5.41) is 14.1. The van der Waals surface area contributed by atoms with E-state index in [0.29, 0.717) is 58.1 Å². The fourth-order valence-electron chi connectivity index (χ4n) is 4.54. The molecule has 10 heteroatoms. The van der Waals surface area contributed by atoms with E-state index in [-0.39, 0.29) is 24.5 Å². The smallest absolute Gasteiger partial charge is 0.243 e. The lowest BCUT2D eigenvalue weighted by Crippen LogP contribution is -2.40. The lowest BCUT2D eigenvalue weighted by molar-refractivity contribution is -0.117. The van der Waals surface area contributed by atoms with Crippen molar-refractivity contribution in [3.8, 4) is 22.6 Å². The van der Waals surface area contributed by atoms with Gasteiger partial charge in [0, 0.05) is 54.3 Å². The van der Waals surface area contributed by atoms with Gasteiger partial charge in [0.05, 0.1) is 42.4 Å². The number of carbonyl (C=O) groups excluding carboxylic acids is 1. The van der Waals surface area contributed by atoms with Gasteiger partial charge in [-0.15, -0.1) is 0 Å². The summed E-state index contributed by atoms with van der Waals surface area (Å²) in [7, 11) is 3.06. The molecule has 4 rings (SSSR count). The average molecular weight is 543 g/mol. The molecule has 0 saturated carbocycles. The second-order valence-electron chi connectivity index (χ2n) is 8.76. The van der Waals surface area contributed by atoms with Gasteiger partial charge in [0.1, 0.15) is 17.3 Å². The zero-order valence-electron chi connectivity index (χ0n) is 20.6. The van der Waals surface area contributed by atoms with E-state index in [1.807, 2.05) is 23.1 Å². The molecular weight excluding hydrogens is 515 g/mol. The topological polar surface area (TPSA) is 96.8 Å². The highest BCUT2D eigenvalue weighted by Crippen LogP contribution is 2.46. The summed E-state index contributed by atoms with van der Waals surface area (Å²) >= 11 is 13.2. The first-order valence-corrected chi connectivity index (χ1v) is 12.4. The van der Waals surface area contributed by atoms with Gasteiger partial charge in [0.2, 0.25) is 5.91 Å². The maximum Gasteiger partial charge on any atom is 0.243 e. The lowest BCUT2D eigenvalue weighted by Gasteiger charge is -2.19. The minimum Gasteiger partial charge on any atom is -0.495 e. The third kappa shape index (κ3) is 5.51. The van der Waals surface area contributed by atoms with E-state index in [1.165, 1.54) is 20.3 Å². The quantitative estimate of drug-likeness (QED) is 0.389. The normalized spacial score (nSPS) is 17.1. The van der Waals surface area contributed by atoms with Crippen molar-refractivity contribution in [2.75, 3.05) is 33.9 Å². The van der Waals surface area contributed by atoms with Crippen LogP contribution in [0.25, 0.3) is 22.0 Å². The van der Waals surface area contributed by atoms with Crippen LogP contribution in [0, 0.1) is 5.92 Å². The van der Waals surface area contributed by atoms with Crippen molar-refractivity contribution in [2.45, 2.75) is 12.5 Å². The SMILES string of the molecule is C=CC(=O)NC1CN(C(=C)CO)C[C@H]1Cc1ncc2cc(-c3c(Cl)c(OC)cc(OC)c3Cl)ccc2n1. The summed E-state index contributed by atoms with van der Waals surface area (Å²) in [4.78, 5) is 23.3. The van der Waals surface area contributed by atoms with E-state index in [9.17, 15) is 9.90 Å². The Labute approximate surface area is 225 Å². The molecule has 1 amide bonds. The molecule has 2 heterocycles. The fourth-order valence-corrected chi connectivity index (χ4v) is 5.26. The number of hydrogen-bond donors (Lipinski definition) is 2. The van der Waals surface area contributed by atoms with E-state index in [0.717, 1.165) is 16.5 Å². The van der Waals surface area contributed by atoms with Gasteiger partial charge in [0.25, 0.3) is 0 Å². The predicted octanol–water partition coefficient (Wildman–Crippen LogP) is 4.27. The second-order valence-corrected chi connectivity index (χ2v) is 9.51. The first-order chi connectivity index (χ1) is 17.8. The first-order valence-electron chi connectivity index (χ1n) is 11.6. The monoisotopic (exact) mass is 542 g/mol. The summed E-state index contributed by atoms with van der Waals surface area (Å²) in [5.41, 5.74) is 2.75. The summed E-state index contributed by atoms with van der Waals surface area (Å²) in [6.07, 6.45) is 3.55. The fraction of sp³-hybridized carbons (Fsp3) is 0.296. The maximum atomic E-state index is 12.0. The zero-order chi connectivity index (χ0) is 26.7. The molecule has 1 aromatic heterocycles. The molecule has 194 valence electrons. The third-order valence-corrected chi connectivity index (χ3v) is 7.27. The van der Waals surface area contributed by atoms with Crippen LogP contribution in [0.15, 0.2) is 55.4 Å². The highest BCUT2D eigenvalue weighted by Gasteiger charge is 2.34. The molecule has 2 N–H and O–H groups in total. The standard InChI is InChI=1S/C27H28Cl2N4O4/c1-5-24(35)32-20-13-33(15(2)14-34)12-18(20)9-23-30-11-17-8-16(6-7-19(17)31-23)25-26(28)21(36-3)10-22(37-4)27(25)29/h5-8,10-11,18,20,34H,1-2,9,12-14H2,3-4H3,(H,32,35)/t18-,20?/m1/s1. The highest BCUT2D eigenvalue weighted by molar-refractivity contribution is 6.41. The van der Waals surface area contributed by atoms with Gasteiger partial charge in [-0.1, -0.05) is 42.4 Å². The Bertz CT molecular complexity index is 1340.